The predicted octanol–water partition coefficient (Wildman–Crippen LogP) is 7.76. The maximum Gasteiger partial charge on any atom is 0.220 e. The monoisotopic (exact) mass is 536 g/mol. The van der Waals surface area contributed by atoms with E-state index >= 15 is 0 Å². The van der Waals surface area contributed by atoms with Crippen LogP contribution in [0.2, 0.25) is 0 Å². The first-order chi connectivity index (χ1) is 19.2. The van der Waals surface area contributed by atoms with Gasteiger partial charge in [0.25, 0.3) is 0 Å². The lowest BCUT2D eigenvalue weighted by molar-refractivity contribution is -0.121. The molecule has 0 aliphatic carbocycles. The van der Waals surface area contributed by atoms with Gasteiger partial charge in [-0.05, 0) is 36.1 Å². The van der Waals surface area contributed by atoms with E-state index in [1.165, 1.54) is 76.2 Å². The molecule has 5 nitrogen and oxygen atoms in total. The molecular weight excluding hydrogens is 484 g/mol. The lowest BCUT2D eigenvalue weighted by Crippen LogP contribution is -2.43. The molecule has 2 aromatic rings. The minimum Gasteiger partial charge on any atom is -0.486 e. The first-order valence-electron chi connectivity index (χ1n) is 15.7. The summed E-state index contributed by atoms with van der Waals surface area (Å²) < 4.78 is 11.4. The summed E-state index contributed by atoms with van der Waals surface area (Å²) in [4.78, 5) is 12.8. The number of unbranched alkanes of at least 4 members (excludes halogenated alkanes) is 12. The maximum absolute atomic E-state index is 12.8. The highest BCUT2D eigenvalue weighted by Crippen LogP contribution is 2.31. The van der Waals surface area contributed by atoms with Crippen LogP contribution in [0.5, 0.6) is 11.5 Å². The minimum absolute atomic E-state index is 0.0192. The predicted molar refractivity (Wildman–Crippen MR) is 162 cm³/mol. The fourth-order valence-corrected chi connectivity index (χ4v) is 5.26. The zero-order valence-corrected chi connectivity index (χ0v) is 24.4. The zero-order valence-electron chi connectivity index (χ0n) is 24.4. The van der Waals surface area contributed by atoms with Crippen LogP contribution in [0, 0.1) is 0 Å². The average molecular weight is 537 g/mol. The number of rotatable bonds is 21. The third kappa shape index (κ3) is 13.4. The molecule has 0 spiro atoms. The van der Waals surface area contributed by atoms with E-state index < -0.39 is 0 Å². The highest BCUT2D eigenvalue weighted by atomic mass is 16.6. The molecule has 0 saturated heterocycles. The summed E-state index contributed by atoms with van der Waals surface area (Å²) in [6.45, 7) is 4.95. The molecule has 1 heterocycles. The van der Waals surface area contributed by atoms with E-state index in [9.17, 15) is 4.79 Å². The van der Waals surface area contributed by atoms with Crippen LogP contribution in [0.4, 0.5) is 0 Å². The lowest BCUT2D eigenvalue weighted by atomic mass is 10.0. The van der Waals surface area contributed by atoms with Crippen molar-refractivity contribution in [2.75, 3.05) is 19.8 Å². The van der Waals surface area contributed by atoms with Gasteiger partial charge in [0.15, 0.2) is 11.5 Å². The summed E-state index contributed by atoms with van der Waals surface area (Å²) in [5.74, 6) is 1.75. The Balaban J connectivity index is 1.33. The molecule has 1 aliphatic heterocycles. The fourth-order valence-electron chi connectivity index (χ4n) is 5.26. The number of amides is 1. The van der Waals surface area contributed by atoms with Gasteiger partial charge in [0, 0.05) is 25.6 Å². The van der Waals surface area contributed by atoms with Gasteiger partial charge in [-0.1, -0.05) is 120 Å². The highest BCUT2D eigenvalue weighted by Gasteiger charge is 2.16. The van der Waals surface area contributed by atoms with E-state index in [2.05, 4.69) is 54.0 Å². The summed E-state index contributed by atoms with van der Waals surface area (Å²) in [5.41, 5.74) is 2.39. The number of nitrogens with one attached hydrogen (secondary N) is 2. The average Bonchev–Trinajstić information content (AvgIpc) is 2.96. The Morgan fingerprint density at radius 2 is 1.36 bits per heavy atom. The summed E-state index contributed by atoms with van der Waals surface area (Å²) in [7, 11) is 0. The third-order valence-electron chi connectivity index (χ3n) is 7.52. The normalized spacial score (nSPS) is 13.3. The van der Waals surface area contributed by atoms with E-state index in [1.54, 1.807) is 0 Å². The number of ether oxygens (including phenoxy) is 2. The van der Waals surface area contributed by atoms with Crippen molar-refractivity contribution in [2.45, 2.75) is 116 Å². The van der Waals surface area contributed by atoms with Crippen molar-refractivity contribution in [2.24, 2.45) is 0 Å². The topological polar surface area (TPSA) is 59.6 Å². The summed E-state index contributed by atoms with van der Waals surface area (Å²) >= 11 is 0. The van der Waals surface area contributed by atoms with Gasteiger partial charge in [0.2, 0.25) is 5.91 Å². The number of hydrogen-bond acceptors (Lipinski definition) is 4. The Morgan fingerprint density at radius 3 is 2.03 bits per heavy atom. The number of carbonyl (C=O) groups excluding carboxylic acids is 1. The molecule has 5 heteroatoms. The van der Waals surface area contributed by atoms with Crippen LogP contribution >= 0.6 is 0 Å². The molecule has 1 amide bonds. The number of hydrogen-bond donors (Lipinski definition) is 2. The quantitative estimate of drug-likeness (QED) is 0.160. The molecule has 39 heavy (non-hydrogen) atoms. The second-order valence-electron chi connectivity index (χ2n) is 11.1. The molecule has 0 fully saturated rings. The van der Waals surface area contributed by atoms with E-state index in [1.807, 2.05) is 12.1 Å². The Hall–Kier alpha value is -2.53. The number of fused-ring (bicyclic) bond motifs is 1. The molecular formula is C34H52N2O3. The third-order valence-corrected chi connectivity index (χ3v) is 7.52. The van der Waals surface area contributed by atoms with Gasteiger partial charge in [-0.25, -0.2) is 0 Å². The van der Waals surface area contributed by atoms with Crippen LogP contribution in [-0.2, 0) is 17.8 Å². The summed E-state index contributed by atoms with van der Waals surface area (Å²) in [5, 5.41) is 6.84. The van der Waals surface area contributed by atoms with Gasteiger partial charge >= 0.3 is 0 Å². The second-order valence-corrected chi connectivity index (χ2v) is 11.1. The van der Waals surface area contributed by atoms with Crippen LogP contribution in [0.1, 0.15) is 108 Å². The lowest BCUT2D eigenvalue weighted by Gasteiger charge is -2.22. The molecule has 2 N–H and O–H groups in total. The molecule has 216 valence electrons. The standard InChI is InChI=1S/C34H52N2O3/c1-2-3-4-5-6-7-8-9-10-11-12-13-17-20-34(37)36-31(28-35-27-29-18-15-14-16-19-29)25-30-21-22-32-33(26-30)39-24-23-38-32/h14-16,18-19,21-22,26,31,35H,2-13,17,20,23-25,27-28H2,1H3,(H,36,37)/t31-/m0/s1. The van der Waals surface area contributed by atoms with Gasteiger partial charge < -0.3 is 20.1 Å². The Bertz CT molecular complexity index is 918. The van der Waals surface area contributed by atoms with Crippen LogP contribution in [0.25, 0.3) is 0 Å². The van der Waals surface area contributed by atoms with Crippen LogP contribution < -0.4 is 20.1 Å². The van der Waals surface area contributed by atoms with Crippen molar-refractivity contribution in [1.82, 2.24) is 10.6 Å². The fraction of sp³-hybridized carbons (Fsp3) is 0.618. The van der Waals surface area contributed by atoms with Crippen molar-refractivity contribution >= 4 is 5.91 Å². The van der Waals surface area contributed by atoms with E-state index in [4.69, 9.17) is 9.47 Å². The Morgan fingerprint density at radius 1 is 0.744 bits per heavy atom. The molecule has 0 aromatic heterocycles. The summed E-state index contributed by atoms with van der Waals surface area (Å²) in [6, 6.07) is 16.5. The number of benzene rings is 2. The first-order valence-corrected chi connectivity index (χ1v) is 15.7. The molecule has 0 bridgehead atoms. The Labute approximate surface area is 237 Å². The SMILES string of the molecule is CCCCCCCCCCCCCCCC(=O)N[C@H](CNCc1ccccc1)Cc1ccc2c(c1)OCCO2. The smallest absolute Gasteiger partial charge is 0.220 e. The maximum atomic E-state index is 12.8. The van der Waals surface area contributed by atoms with Gasteiger partial charge in [0.05, 0.1) is 0 Å². The van der Waals surface area contributed by atoms with Crippen molar-refractivity contribution in [3.8, 4) is 11.5 Å². The van der Waals surface area contributed by atoms with E-state index in [0.29, 0.717) is 26.2 Å². The van der Waals surface area contributed by atoms with E-state index in [0.717, 1.165) is 42.9 Å². The summed E-state index contributed by atoms with van der Waals surface area (Å²) in [6.07, 6.45) is 18.5. The number of carbonyl (C=O) groups is 1. The van der Waals surface area contributed by atoms with Crippen molar-refractivity contribution < 1.29 is 14.3 Å². The van der Waals surface area contributed by atoms with Gasteiger partial charge in [-0.3, -0.25) is 4.79 Å². The van der Waals surface area contributed by atoms with E-state index in [-0.39, 0.29) is 11.9 Å². The molecule has 1 aliphatic rings. The molecule has 3 rings (SSSR count). The van der Waals surface area contributed by atoms with Crippen LogP contribution in [0.15, 0.2) is 48.5 Å². The second kappa shape index (κ2) is 19.5. The van der Waals surface area contributed by atoms with Crippen LogP contribution in [0.3, 0.4) is 0 Å². The molecule has 0 unspecified atom stereocenters. The highest BCUT2D eigenvalue weighted by molar-refractivity contribution is 5.76. The van der Waals surface area contributed by atoms with Crippen LogP contribution in [-0.4, -0.2) is 31.7 Å². The van der Waals surface area contributed by atoms with Gasteiger partial charge in [0.1, 0.15) is 13.2 Å². The molecule has 2 aromatic carbocycles. The largest absolute Gasteiger partial charge is 0.486 e. The minimum atomic E-state index is 0.0192. The van der Waals surface area contributed by atoms with Crippen molar-refractivity contribution in [3.63, 3.8) is 0 Å². The zero-order chi connectivity index (χ0) is 27.4. The molecule has 1 atom stereocenters. The van der Waals surface area contributed by atoms with Gasteiger partial charge in [-0.2, -0.15) is 0 Å². The first kappa shape index (κ1) is 31.0. The van der Waals surface area contributed by atoms with Gasteiger partial charge in [-0.15, -0.1) is 0 Å². The molecule has 0 radical (unpaired) electrons. The molecule has 0 saturated carbocycles. The Kier molecular flexibility index (Phi) is 15.5. The van der Waals surface area contributed by atoms with Crippen molar-refractivity contribution in [3.05, 3.63) is 59.7 Å². The van der Waals surface area contributed by atoms with Crippen molar-refractivity contribution in [1.29, 1.82) is 0 Å².